The Morgan fingerprint density at radius 2 is 1.57 bits per heavy atom. The van der Waals surface area contributed by atoms with Crippen LogP contribution in [0.2, 0.25) is 0 Å². The number of aryl methyl sites for hydroxylation is 2. The lowest BCUT2D eigenvalue weighted by molar-refractivity contribution is 0.469. The summed E-state index contributed by atoms with van der Waals surface area (Å²) in [5, 5.41) is 0. The third kappa shape index (κ3) is 5.05. The maximum Gasteiger partial charge on any atom is 0.139 e. The fourth-order valence-corrected chi connectivity index (χ4v) is 2.58. The van der Waals surface area contributed by atoms with E-state index in [1.54, 1.807) is 0 Å². The summed E-state index contributed by atoms with van der Waals surface area (Å²) in [5.74, 6) is 1.94. The van der Waals surface area contributed by atoms with Crippen molar-refractivity contribution in [2.45, 2.75) is 53.9 Å². The second-order valence-corrected chi connectivity index (χ2v) is 7.77. The molecule has 1 aromatic heterocycles. The van der Waals surface area contributed by atoms with Gasteiger partial charge in [0.1, 0.15) is 11.6 Å². The summed E-state index contributed by atoms with van der Waals surface area (Å²) in [4.78, 5) is 11.4. The summed E-state index contributed by atoms with van der Waals surface area (Å²) in [6, 6.07) is 10.4. The zero-order valence-electron chi connectivity index (χ0n) is 15.3. The fraction of sp³-hybridized carbons (Fsp3) is 0.500. The molecule has 0 radical (unpaired) electrons. The highest BCUT2D eigenvalue weighted by Gasteiger charge is 2.21. The standard InChI is InChI=1S/C15H17N3.C5H12/c1-11-16-14-10-6-9-13(14)15(17-11)18(2)12-7-4-3-5-8-12;1-5(2,3)4/h3-5,7-8H,6,9-10H2,1-2H3;1-4H3. The van der Waals surface area contributed by atoms with E-state index >= 15 is 0 Å². The predicted octanol–water partition coefficient (Wildman–Crippen LogP) is 5.09. The van der Waals surface area contributed by atoms with Gasteiger partial charge in [-0.3, -0.25) is 0 Å². The monoisotopic (exact) mass is 311 g/mol. The van der Waals surface area contributed by atoms with Crippen LogP contribution in [0.5, 0.6) is 0 Å². The Morgan fingerprint density at radius 3 is 2.17 bits per heavy atom. The van der Waals surface area contributed by atoms with Gasteiger partial charge in [0.2, 0.25) is 0 Å². The number of fused-ring (bicyclic) bond motifs is 1. The highest BCUT2D eigenvalue weighted by molar-refractivity contribution is 5.63. The zero-order chi connectivity index (χ0) is 17.0. The Hall–Kier alpha value is -1.90. The highest BCUT2D eigenvalue weighted by Crippen LogP contribution is 2.31. The average molecular weight is 311 g/mol. The molecule has 0 unspecified atom stereocenters. The van der Waals surface area contributed by atoms with Crippen molar-refractivity contribution in [3.8, 4) is 0 Å². The topological polar surface area (TPSA) is 29.0 Å². The second-order valence-electron chi connectivity index (χ2n) is 7.77. The number of hydrogen-bond acceptors (Lipinski definition) is 3. The third-order valence-electron chi connectivity index (χ3n) is 3.48. The summed E-state index contributed by atoms with van der Waals surface area (Å²) in [6.07, 6.45) is 3.39. The molecule has 0 amide bonds. The van der Waals surface area contributed by atoms with Gasteiger partial charge in [0.25, 0.3) is 0 Å². The summed E-state index contributed by atoms with van der Waals surface area (Å²) in [7, 11) is 2.08. The molecule has 124 valence electrons. The van der Waals surface area contributed by atoms with E-state index in [0.717, 1.165) is 24.5 Å². The van der Waals surface area contributed by atoms with Crippen molar-refractivity contribution in [3.63, 3.8) is 0 Å². The van der Waals surface area contributed by atoms with Gasteiger partial charge in [-0.25, -0.2) is 9.97 Å². The summed E-state index contributed by atoms with van der Waals surface area (Å²) in [6.45, 7) is 10.7. The molecule has 0 bridgehead atoms. The first kappa shape index (κ1) is 17.5. The number of aromatic nitrogens is 2. The van der Waals surface area contributed by atoms with E-state index in [9.17, 15) is 0 Å². The van der Waals surface area contributed by atoms with Gasteiger partial charge >= 0.3 is 0 Å². The molecule has 3 nitrogen and oxygen atoms in total. The normalized spacial score (nSPS) is 13.1. The van der Waals surface area contributed by atoms with E-state index in [4.69, 9.17) is 0 Å². The number of rotatable bonds is 2. The molecule has 1 aromatic carbocycles. The molecule has 0 atom stereocenters. The van der Waals surface area contributed by atoms with Gasteiger partial charge in [-0.2, -0.15) is 0 Å². The second kappa shape index (κ2) is 7.12. The van der Waals surface area contributed by atoms with Crippen molar-refractivity contribution in [3.05, 3.63) is 47.4 Å². The quantitative estimate of drug-likeness (QED) is 0.773. The van der Waals surface area contributed by atoms with Crippen LogP contribution in [0, 0.1) is 12.3 Å². The molecule has 3 rings (SSSR count). The summed E-state index contributed by atoms with van der Waals surface area (Å²) < 4.78 is 0. The molecule has 0 aliphatic heterocycles. The van der Waals surface area contributed by atoms with E-state index in [0.29, 0.717) is 5.41 Å². The Labute approximate surface area is 140 Å². The van der Waals surface area contributed by atoms with Crippen LogP contribution in [0.1, 0.15) is 51.2 Å². The maximum absolute atomic E-state index is 4.64. The molecular formula is C20H29N3. The van der Waals surface area contributed by atoms with Crippen LogP contribution >= 0.6 is 0 Å². The number of nitrogens with zero attached hydrogens (tertiary/aromatic N) is 3. The predicted molar refractivity (Wildman–Crippen MR) is 98.4 cm³/mol. The Balaban J connectivity index is 0.000000338. The van der Waals surface area contributed by atoms with Gasteiger partial charge in [-0.1, -0.05) is 45.9 Å². The lowest BCUT2D eigenvalue weighted by Crippen LogP contribution is -2.15. The van der Waals surface area contributed by atoms with Gasteiger partial charge < -0.3 is 4.90 Å². The number of benzene rings is 1. The Bertz CT molecular complexity index is 636. The van der Waals surface area contributed by atoms with Crippen LogP contribution in [-0.4, -0.2) is 17.0 Å². The van der Waals surface area contributed by atoms with Crippen LogP contribution in [0.15, 0.2) is 30.3 Å². The Kier molecular flexibility index (Phi) is 5.40. The molecule has 0 saturated carbocycles. The number of anilines is 2. The first-order chi connectivity index (χ1) is 10.8. The summed E-state index contributed by atoms with van der Waals surface area (Å²) >= 11 is 0. The smallest absolute Gasteiger partial charge is 0.139 e. The largest absolute Gasteiger partial charge is 0.329 e. The SMILES string of the molecule is CC(C)(C)C.Cc1nc2c(c(N(C)c3ccccc3)n1)CCC2. The molecule has 0 N–H and O–H groups in total. The van der Waals surface area contributed by atoms with Crippen LogP contribution in [0.3, 0.4) is 0 Å². The molecular weight excluding hydrogens is 282 g/mol. The van der Waals surface area contributed by atoms with E-state index in [-0.39, 0.29) is 0 Å². The van der Waals surface area contributed by atoms with Crippen molar-refractivity contribution in [1.29, 1.82) is 0 Å². The molecule has 0 fully saturated rings. The first-order valence-electron chi connectivity index (χ1n) is 8.41. The molecule has 2 aromatic rings. The summed E-state index contributed by atoms with van der Waals surface area (Å²) in [5.41, 5.74) is 4.23. The number of para-hydroxylation sites is 1. The van der Waals surface area contributed by atoms with Crippen molar-refractivity contribution < 1.29 is 0 Å². The highest BCUT2D eigenvalue weighted by atomic mass is 15.2. The van der Waals surface area contributed by atoms with Crippen molar-refractivity contribution in [1.82, 2.24) is 9.97 Å². The minimum atomic E-state index is 0.500. The Morgan fingerprint density at radius 1 is 0.957 bits per heavy atom. The van der Waals surface area contributed by atoms with Crippen molar-refractivity contribution >= 4 is 11.5 Å². The van der Waals surface area contributed by atoms with E-state index in [1.807, 2.05) is 13.0 Å². The van der Waals surface area contributed by atoms with Crippen LogP contribution in [0.4, 0.5) is 11.5 Å². The fourth-order valence-electron chi connectivity index (χ4n) is 2.58. The van der Waals surface area contributed by atoms with E-state index in [1.165, 1.54) is 23.4 Å². The van der Waals surface area contributed by atoms with Gasteiger partial charge in [-0.15, -0.1) is 0 Å². The van der Waals surface area contributed by atoms with Gasteiger partial charge in [0.05, 0.1) is 0 Å². The molecule has 1 aliphatic rings. The molecule has 3 heteroatoms. The number of hydrogen-bond donors (Lipinski definition) is 0. The van der Waals surface area contributed by atoms with Crippen molar-refractivity contribution in [2.24, 2.45) is 5.41 Å². The van der Waals surface area contributed by atoms with Crippen molar-refractivity contribution in [2.75, 3.05) is 11.9 Å². The lowest BCUT2D eigenvalue weighted by atomic mass is 10.0. The minimum absolute atomic E-state index is 0.500. The first-order valence-corrected chi connectivity index (χ1v) is 8.41. The molecule has 1 heterocycles. The maximum atomic E-state index is 4.64. The average Bonchev–Trinajstić information content (AvgIpc) is 2.93. The van der Waals surface area contributed by atoms with Gasteiger partial charge in [0, 0.05) is 24.0 Å². The third-order valence-corrected chi connectivity index (χ3v) is 3.48. The lowest BCUT2D eigenvalue weighted by Gasteiger charge is -2.21. The zero-order valence-corrected chi connectivity index (χ0v) is 15.3. The molecule has 23 heavy (non-hydrogen) atoms. The molecule has 0 spiro atoms. The van der Waals surface area contributed by atoms with E-state index in [2.05, 4.69) is 73.9 Å². The molecule has 1 aliphatic carbocycles. The minimum Gasteiger partial charge on any atom is -0.329 e. The van der Waals surface area contributed by atoms with Crippen LogP contribution in [-0.2, 0) is 12.8 Å². The van der Waals surface area contributed by atoms with Crippen LogP contribution < -0.4 is 4.90 Å². The molecule has 0 saturated heterocycles. The van der Waals surface area contributed by atoms with Crippen LogP contribution in [0.25, 0.3) is 0 Å². The van der Waals surface area contributed by atoms with Gasteiger partial charge in [0.15, 0.2) is 0 Å². The van der Waals surface area contributed by atoms with E-state index < -0.39 is 0 Å². The van der Waals surface area contributed by atoms with Gasteiger partial charge in [-0.05, 0) is 43.7 Å².